The van der Waals surface area contributed by atoms with Crippen LogP contribution < -0.4 is 14.8 Å². The first-order chi connectivity index (χ1) is 12.5. The summed E-state index contributed by atoms with van der Waals surface area (Å²) < 4.78 is 10.4. The van der Waals surface area contributed by atoms with Crippen LogP contribution in [0.25, 0.3) is 0 Å². The van der Waals surface area contributed by atoms with E-state index < -0.39 is 11.7 Å². The number of ether oxygens (including phenoxy) is 2. The molecule has 0 radical (unpaired) electrons. The zero-order valence-electron chi connectivity index (χ0n) is 15.3. The van der Waals surface area contributed by atoms with E-state index in [1.165, 1.54) is 0 Å². The highest BCUT2D eigenvalue weighted by atomic mass is 16.5. The summed E-state index contributed by atoms with van der Waals surface area (Å²) in [5.74, 6) is 0.364. The molecule has 1 aromatic carbocycles. The number of amides is 1. The van der Waals surface area contributed by atoms with Crippen LogP contribution in [0.5, 0.6) is 11.5 Å². The molecule has 0 aliphatic heterocycles. The normalized spacial score (nSPS) is 11.5. The number of carbonyl (C=O) groups is 2. The highest BCUT2D eigenvalue weighted by Gasteiger charge is 2.16. The zero-order valence-corrected chi connectivity index (χ0v) is 15.3. The minimum atomic E-state index is -0.587. The number of nitrogens with zero attached hydrogens (tertiary/aromatic N) is 1. The minimum Gasteiger partial charge on any atom is -0.497 e. The van der Waals surface area contributed by atoms with Gasteiger partial charge in [0.25, 0.3) is 5.91 Å². The first-order valence-electron chi connectivity index (χ1n) is 8.48. The zero-order chi connectivity index (χ0) is 18.9. The Morgan fingerprint density at radius 1 is 1.15 bits per heavy atom. The van der Waals surface area contributed by atoms with Crippen molar-refractivity contribution < 1.29 is 19.1 Å². The van der Waals surface area contributed by atoms with Gasteiger partial charge in [-0.3, -0.25) is 14.6 Å². The van der Waals surface area contributed by atoms with E-state index in [-0.39, 0.29) is 18.9 Å². The van der Waals surface area contributed by atoms with Crippen LogP contribution in [-0.4, -0.2) is 30.9 Å². The summed E-state index contributed by atoms with van der Waals surface area (Å²) in [6, 6.07) is 11.0. The number of carbonyl (C=O) groups excluding carboxylic acids is 2. The maximum absolute atomic E-state index is 12.1. The monoisotopic (exact) mass is 356 g/mol. The number of methoxy groups -OCH3 is 2. The van der Waals surface area contributed by atoms with Crippen LogP contribution in [0, 0.1) is 0 Å². The first-order valence-corrected chi connectivity index (χ1v) is 8.48. The van der Waals surface area contributed by atoms with E-state index in [2.05, 4.69) is 10.3 Å². The molecular weight excluding hydrogens is 332 g/mol. The number of pyridine rings is 1. The van der Waals surface area contributed by atoms with Gasteiger partial charge in [-0.2, -0.15) is 0 Å². The van der Waals surface area contributed by atoms with Gasteiger partial charge in [-0.1, -0.05) is 13.0 Å². The molecule has 1 N–H and O–H groups in total. The molecule has 6 nitrogen and oxygen atoms in total. The summed E-state index contributed by atoms with van der Waals surface area (Å²) in [4.78, 5) is 28.4. The number of Topliss-reactive ketones (excluding diaryl/α,β-unsaturated/α-hetero) is 1. The van der Waals surface area contributed by atoms with Gasteiger partial charge < -0.3 is 14.8 Å². The summed E-state index contributed by atoms with van der Waals surface area (Å²) in [5.41, 5.74) is 1.69. The van der Waals surface area contributed by atoms with E-state index in [9.17, 15) is 9.59 Å². The van der Waals surface area contributed by atoms with Crippen LogP contribution in [0.3, 0.4) is 0 Å². The van der Waals surface area contributed by atoms with Gasteiger partial charge in [0.05, 0.1) is 14.2 Å². The number of benzene rings is 1. The van der Waals surface area contributed by atoms with Gasteiger partial charge >= 0.3 is 0 Å². The molecule has 6 heteroatoms. The predicted octanol–water partition coefficient (Wildman–Crippen LogP) is 2.87. The molecule has 0 spiro atoms. The van der Waals surface area contributed by atoms with Gasteiger partial charge in [-0.15, -0.1) is 0 Å². The fourth-order valence-electron chi connectivity index (χ4n) is 2.55. The number of nitrogens with one attached hydrogen (secondary N) is 1. The summed E-state index contributed by atoms with van der Waals surface area (Å²) >= 11 is 0. The molecule has 26 heavy (non-hydrogen) atoms. The van der Waals surface area contributed by atoms with E-state index >= 15 is 0 Å². The fraction of sp³-hybridized carbons (Fsp3) is 0.350. The van der Waals surface area contributed by atoms with Crippen LogP contribution in [0.1, 0.15) is 36.9 Å². The lowest BCUT2D eigenvalue weighted by molar-refractivity contribution is -0.138. The summed E-state index contributed by atoms with van der Waals surface area (Å²) in [6.07, 6.45) is 2.49. The van der Waals surface area contributed by atoms with Gasteiger partial charge in [-0.25, -0.2) is 0 Å². The third-order valence-corrected chi connectivity index (χ3v) is 4.18. The van der Waals surface area contributed by atoms with Crippen molar-refractivity contribution in [3.63, 3.8) is 0 Å². The molecule has 1 aromatic heterocycles. The van der Waals surface area contributed by atoms with Crippen molar-refractivity contribution in [1.29, 1.82) is 0 Å². The number of ketones is 1. The van der Waals surface area contributed by atoms with Crippen LogP contribution in [0.4, 0.5) is 0 Å². The van der Waals surface area contributed by atoms with Gasteiger partial charge in [0.2, 0.25) is 5.78 Å². The number of hydrogen-bond donors (Lipinski definition) is 1. The quantitative estimate of drug-likeness (QED) is 0.699. The highest BCUT2D eigenvalue weighted by molar-refractivity contribution is 6.36. The standard InChI is InChI=1S/C20H24N2O4/c1-14(17-6-4-5-11-21-17)7-10-18(23)20(24)22-13-15-8-9-16(25-2)12-19(15)26-3/h4-6,8-9,11-12,14H,7,10,13H2,1-3H3,(H,22,24). The third-order valence-electron chi connectivity index (χ3n) is 4.18. The Morgan fingerprint density at radius 3 is 2.62 bits per heavy atom. The SMILES string of the molecule is COc1ccc(CNC(=O)C(=O)CCC(C)c2ccccn2)c(OC)c1. The fourth-order valence-corrected chi connectivity index (χ4v) is 2.55. The molecular formula is C20H24N2O4. The lowest BCUT2D eigenvalue weighted by atomic mass is 9.99. The molecule has 1 unspecified atom stereocenters. The second-order valence-electron chi connectivity index (χ2n) is 5.98. The molecule has 2 rings (SSSR count). The van der Waals surface area contributed by atoms with Crippen molar-refractivity contribution in [3.8, 4) is 11.5 Å². The topological polar surface area (TPSA) is 77.5 Å². The second-order valence-corrected chi connectivity index (χ2v) is 5.98. The highest BCUT2D eigenvalue weighted by Crippen LogP contribution is 2.24. The number of hydrogen-bond acceptors (Lipinski definition) is 5. The largest absolute Gasteiger partial charge is 0.497 e. The van der Waals surface area contributed by atoms with Crippen LogP contribution in [-0.2, 0) is 16.1 Å². The Labute approximate surface area is 153 Å². The molecule has 0 aliphatic carbocycles. The van der Waals surface area contributed by atoms with Gasteiger partial charge in [0.1, 0.15) is 11.5 Å². The van der Waals surface area contributed by atoms with Gasteiger partial charge in [0, 0.05) is 36.5 Å². The molecule has 0 saturated carbocycles. The third kappa shape index (κ3) is 5.31. The molecule has 1 atom stereocenters. The van der Waals surface area contributed by atoms with E-state index in [4.69, 9.17) is 9.47 Å². The van der Waals surface area contributed by atoms with Crippen LogP contribution in [0.15, 0.2) is 42.6 Å². The molecule has 0 saturated heterocycles. The molecule has 0 bridgehead atoms. The molecule has 1 heterocycles. The maximum Gasteiger partial charge on any atom is 0.287 e. The Bertz CT molecular complexity index is 747. The van der Waals surface area contributed by atoms with Crippen molar-refractivity contribution in [2.45, 2.75) is 32.2 Å². The summed E-state index contributed by atoms with van der Waals surface area (Å²) in [7, 11) is 3.12. The molecule has 0 aliphatic rings. The predicted molar refractivity (Wildman–Crippen MR) is 98.3 cm³/mol. The molecule has 0 fully saturated rings. The second kappa shape index (κ2) is 9.56. The Hall–Kier alpha value is -2.89. The molecule has 138 valence electrons. The Balaban J connectivity index is 1.85. The first kappa shape index (κ1) is 19.4. The lowest BCUT2D eigenvalue weighted by Crippen LogP contribution is -2.30. The minimum absolute atomic E-state index is 0.120. The van der Waals surface area contributed by atoms with E-state index in [1.807, 2.05) is 25.1 Å². The van der Waals surface area contributed by atoms with E-state index in [0.717, 1.165) is 11.3 Å². The smallest absolute Gasteiger partial charge is 0.287 e. The van der Waals surface area contributed by atoms with Crippen molar-refractivity contribution in [1.82, 2.24) is 10.3 Å². The average molecular weight is 356 g/mol. The van der Waals surface area contributed by atoms with E-state index in [0.29, 0.717) is 17.9 Å². The van der Waals surface area contributed by atoms with Crippen molar-refractivity contribution >= 4 is 11.7 Å². The summed E-state index contributed by atoms with van der Waals surface area (Å²) in [6.45, 7) is 2.21. The molecule has 1 amide bonds. The van der Waals surface area contributed by atoms with Crippen molar-refractivity contribution in [2.24, 2.45) is 0 Å². The Kier molecular flexibility index (Phi) is 7.14. The Morgan fingerprint density at radius 2 is 1.96 bits per heavy atom. The van der Waals surface area contributed by atoms with Crippen LogP contribution >= 0.6 is 0 Å². The lowest BCUT2D eigenvalue weighted by Gasteiger charge is -2.12. The molecule has 2 aromatic rings. The maximum atomic E-state index is 12.1. The van der Waals surface area contributed by atoms with Crippen LogP contribution in [0.2, 0.25) is 0 Å². The van der Waals surface area contributed by atoms with Gasteiger partial charge in [0.15, 0.2) is 0 Å². The van der Waals surface area contributed by atoms with Gasteiger partial charge in [-0.05, 0) is 36.6 Å². The summed E-state index contributed by atoms with van der Waals surface area (Å²) in [5, 5.41) is 2.65. The number of aromatic nitrogens is 1. The van der Waals surface area contributed by atoms with E-state index in [1.54, 1.807) is 38.6 Å². The average Bonchev–Trinajstić information content (AvgIpc) is 2.70. The van der Waals surface area contributed by atoms with Crippen molar-refractivity contribution in [2.75, 3.05) is 14.2 Å². The van der Waals surface area contributed by atoms with Crippen molar-refractivity contribution in [3.05, 3.63) is 53.9 Å². The number of rotatable bonds is 9.